The van der Waals surface area contributed by atoms with Crippen molar-refractivity contribution in [1.82, 2.24) is 14.7 Å². The van der Waals surface area contributed by atoms with Crippen molar-refractivity contribution in [3.05, 3.63) is 53.3 Å². The molecular formula is C19H25N3O3. The molecule has 2 aromatic rings. The minimum absolute atomic E-state index is 0.0585. The van der Waals surface area contributed by atoms with E-state index in [0.29, 0.717) is 26.1 Å². The van der Waals surface area contributed by atoms with Gasteiger partial charge in [-0.2, -0.15) is 5.10 Å². The number of amides is 1. The van der Waals surface area contributed by atoms with Crippen molar-refractivity contribution < 1.29 is 14.6 Å². The number of hydrogen-bond acceptors (Lipinski definition) is 4. The van der Waals surface area contributed by atoms with Gasteiger partial charge >= 0.3 is 0 Å². The number of carbonyl (C=O) groups excluding carboxylic acids is 1. The molecule has 2 heterocycles. The van der Waals surface area contributed by atoms with Gasteiger partial charge in [0.25, 0.3) is 0 Å². The Hall–Kier alpha value is -2.18. The van der Waals surface area contributed by atoms with E-state index < -0.39 is 6.10 Å². The van der Waals surface area contributed by atoms with Crippen LogP contribution in [0.15, 0.2) is 36.4 Å². The van der Waals surface area contributed by atoms with Crippen molar-refractivity contribution in [2.75, 3.05) is 19.8 Å². The highest BCUT2D eigenvalue weighted by atomic mass is 16.5. The Morgan fingerprint density at radius 3 is 2.72 bits per heavy atom. The average Bonchev–Trinajstić information content (AvgIpc) is 2.97. The largest absolute Gasteiger partial charge is 0.394 e. The standard InChI is InChI=1S/C19H25N3O3/c1-14-12-15(2)22(20-14)9-8-18(24)21-10-11-25-17(13-23)19(21)16-6-4-3-5-7-16/h3-7,12,17,19,23H,8-11,13H2,1-2H3/t17-,19-/m1/s1. The number of hydrogen-bond donors (Lipinski definition) is 1. The summed E-state index contributed by atoms with van der Waals surface area (Å²) in [6, 6.07) is 11.5. The molecule has 2 atom stereocenters. The molecule has 6 heteroatoms. The second-order valence-corrected chi connectivity index (χ2v) is 6.43. The number of benzene rings is 1. The van der Waals surface area contributed by atoms with Crippen LogP contribution in [0, 0.1) is 13.8 Å². The second-order valence-electron chi connectivity index (χ2n) is 6.43. The molecule has 0 bridgehead atoms. The van der Waals surface area contributed by atoms with Crippen LogP contribution in [0.25, 0.3) is 0 Å². The van der Waals surface area contributed by atoms with Crippen LogP contribution in [0.2, 0.25) is 0 Å². The molecule has 0 saturated carbocycles. The smallest absolute Gasteiger partial charge is 0.225 e. The lowest BCUT2D eigenvalue weighted by atomic mass is 9.98. The van der Waals surface area contributed by atoms with Crippen molar-refractivity contribution in [2.24, 2.45) is 0 Å². The van der Waals surface area contributed by atoms with E-state index in [1.165, 1.54) is 0 Å². The van der Waals surface area contributed by atoms with Crippen LogP contribution >= 0.6 is 0 Å². The Morgan fingerprint density at radius 1 is 1.32 bits per heavy atom. The monoisotopic (exact) mass is 343 g/mol. The van der Waals surface area contributed by atoms with E-state index in [0.717, 1.165) is 17.0 Å². The molecule has 1 saturated heterocycles. The average molecular weight is 343 g/mol. The molecule has 0 spiro atoms. The van der Waals surface area contributed by atoms with Gasteiger partial charge in [0.05, 0.1) is 24.9 Å². The number of morpholine rings is 1. The lowest BCUT2D eigenvalue weighted by molar-refractivity contribution is -0.150. The summed E-state index contributed by atoms with van der Waals surface area (Å²) in [5.41, 5.74) is 3.00. The molecule has 3 rings (SSSR count). The quantitative estimate of drug-likeness (QED) is 0.900. The Bertz CT molecular complexity index is 714. The summed E-state index contributed by atoms with van der Waals surface area (Å²) in [7, 11) is 0. The van der Waals surface area contributed by atoms with Crippen LogP contribution in [0.1, 0.15) is 29.4 Å². The molecule has 1 aliphatic rings. The Kier molecular flexibility index (Phi) is 5.50. The predicted molar refractivity (Wildman–Crippen MR) is 94.0 cm³/mol. The van der Waals surface area contributed by atoms with Crippen molar-refractivity contribution in [1.29, 1.82) is 0 Å². The van der Waals surface area contributed by atoms with Gasteiger partial charge in [0.2, 0.25) is 5.91 Å². The summed E-state index contributed by atoms with van der Waals surface area (Å²) in [4.78, 5) is 14.7. The molecule has 134 valence electrons. The molecule has 1 aliphatic heterocycles. The van der Waals surface area contributed by atoms with E-state index in [9.17, 15) is 9.90 Å². The molecule has 1 fully saturated rings. The van der Waals surface area contributed by atoms with Gasteiger partial charge in [-0.3, -0.25) is 9.48 Å². The molecule has 25 heavy (non-hydrogen) atoms. The van der Waals surface area contributed by atoms with Gasteiger partial charge in [0.15, 0.2) is 0 Å². The van der Waals surface area contributed by atoms with E-state index >= 15 is 0 Å². The topological polar surface area (TPSA) is 67.6 Å². The van der Waals surface area contributed by atoms with Crippen LogP contribution in [0.3, 0.4) is 0 Å². The van der Waals surface area contributed by atoms with E-state index in [4.69, 9.17) is 4.74 Å². The maximum atomic E-state index is 12.9. The van der Waals surface area contributed by atoms with Gasteiger partial charge < -0.3 is 14.7 Å². The summed E-state index contributed by atoms with van der Waals surface area (Å²) in [5.74, 6) is 0.0585. The van der Waals surface area contributed by atoms with Gasteiger partial charge in [0.1, 0.15) is 6.10 Å². The van der Waals surface area contributed by atoms with Gasteiger partial charge in [-0.25, -0.2) is 0 Å². The first kappa shape index (κ1) is 17.6. The number of nitrogens with zero attached hydrogens (tertiary/aromatic N) is 3. The van der Waals surface area contributed by atoms with Crippen LogP contribution in [0.5, 0.6) is 0 Å². The van der Waals surface area contributed by atoms with Crippen LogP contribution in [0.4, 0.5) is 0 Å². The number of aromatic nitrogens is 2. The minimum atomic E-state index is -0.395. The fourth-order valence-corrected chi connectivity index (χ4v) is 3.46. The lowest BCUT2D eigenvalue weighted by Gasteiger charge is -2.41. The second kappa shape index (κ2) is 7.80. The fraction of sp³-hybridized carbons (Fsp3) is 0.474. The predicted octanol–water partition coefficient (Wildman–Crippen LogP) is 1.85. The van der Waals surface area contributed by atoms with Crippen molar-refractivity contribution in [2.45, 2.75) is 39.0 Å². The normalized spacial score (nSPS) is 20.7. The highest BCUT2D eigenvalue weighted by Gasteiger charge is 2.35. The number of aryl methyl sites for hydroxylation is 3. The summed E-state index contributed by atoms with van der Waals surface area (Å²) >= 11 is 0. The lowest BCUT2D eigenvalue weighted by Crippen LogP contribution is -2.49. The SMILES string of the molecule is Cc1cc(C)n(CCC(=O)N2CCO[C@H](CO)[C@H]2c2ccccc2)n1. The zero-order valence-corrected chi connectivity index (χ0v) is 14.8. The van der Waals surface area contributed by atoms with Crippen molar-refractivity contribution in [3.63, 3.8) is 0 Å². The molecule has 1 amide bonds. The van der Waals surface area contributed by atoms with Gasteiger partial charge in [-0.05, 0) is 25.5 Å². The van der Waals surface area contributed by atoms with Crippen LogP contribution < -0.4 is 0 Å². The first-order valence-electron chi connectivity index (χ1n) is 8.68. The summed E-state index contributed by atoms with van der Waals surface area (Å²) in [6.07, 6.45) is -0.0162. The highest BCUT2D eigenvalue weighted by Crippen LogP contribution is 2.30. The third-order valence-electron chi connectivity index (χ3n) is 4.63. The maximum absolute atomic E-state index is 12.9. The van der Waals surface area contributed by atoms with E-state index in [1.54, 1.807) is 0 Å². The summed E-state index contributed by atoms with van der Waals surface area (Å²) in [5, 5.41) is 14.1. The molecule has 0 aliphatic carbocycles. The van der Waals surface area contributed by atoms with Crippen molar-refractivity contribution in [3.8, 4) is 0 Å². The minimum Gasteiger partial charge on any atom is -0.394 e. The van der Waals surface area contributed by atoms with Crippen LogP contribution in [-0.2, 0) is 16.1 Å². The highest BCUT2D eigenvalue weighted by molar-refractivity contribution is 5.77. The molecule has 1 aromatic carbocycles. The summed E-state index contributed by atoms with van der Waals surface area (Å²) < 4.78 is 7.57. The first-order valence-corrected chi connectivity index (χ1v) is 8.68. The number of aliphatic hydroxyl groups excluding tert-OH is 1. The van der Waals surface area contributed by atoms with E-state index in [2.05, 4.69) is 5.10 Å². The van der Waals surface area contributed by atoms with Gasteiger partial charge in [0, 0.05) is 25.2 Å². The van der Waals surface area contributed by atoms with Gasteiger partial charge in [-0.1, -0.05) is 30.3 Å². The van der Waals surface area contributed by atoms with E-state index in [-0.39, 0.29) is 18.6 Å². The third kappa shape index (κ3) is 3.91. The number of aliphatic hydroxyl groups is 1. The Balaban J connectivity index is 1.75. The molecule has 1 N–H and O–H groups in total. The fourth-order valence-electron chi connectivity index (χ4n) is 3.46. The third-order valence-corrected chi connectivity index (χ3v) is 4.63. The molecular weight excluding hydrogens is 318 g/mol. The number of ether oxygens (including phenoxy) is 1. The van der Waals surface area contributed by atoms with Crippen molar-refractivity contribution >= 4 is 5.91 Å². The molecule has 0 radical (unpaired) electrons. The Morgan fingerprint density at radius 2 is 2.08 bits per heavy atom. The maximum Gasteiger partial charge on any atom is 0.225 e. The molecule has 6 nitrogen and oxygen atoms in total. The van der Waals surface area contributed by atoms with E-state index in [1.807, 2.05) is 59.8 Å². The van der Waals surface area contributed by atoms with Gasteiger partial charge in [-0.15, -0.1) is 0 Å². The molecule has 0 unspecified atom stereocenters. The number of rotatable bonds is 5. The van der Waals surface area contributed by atoms with Crippen LogP contribution in [-0.4, -0.2) is 51.6 Å². The Labute approximate surface area is 148 Å². The zero-order valence-electron chi connectivity index (χ0n) is 14.8. The summed E-state index contributed by atoms with van der Waals surface area (Å²) in [6.45, 7) is 5.37. The zero-order chi connectivity index (χ0) is 17.8. The number of carbonyl (C=O) groups is 1. The molecule has 1 aromatic heterocycles. The first-order chi connectivity index (χ1) is 12.1.